The van der Waals surface area contributed by atoms with E-state index in [1.807, 2.05) is 0 Å². The molecule has 0 aliphatic rings. The van der Waals surface area contributed by atoms with Gasteiger partial charge in [-0.3, -0.25) is 4.79 Å². The highest BCUT2D eigenvalue weighted by molar-refractivity contribution is 5.83. The number of carboxylic acid groups (broad SMARTS) is 1. The fourth-order valence-corrected chi connectivity index (χ4v) is 2.70. The second-order valence-electron chi connectivity index (χ2n) is 5.29. The lowest BCUT2D eigenvalue weighted by Gasteiger charge is -2.32. The minimum absolute atomic E-state index is 0.105. The molecular weight excluding hydrogens is 323 g/mol. The second-order valence-corrected chi connectivity index (χ2v) is 5.29. The van der Waals surface area contributed by atoms with Crippen LogP contribution in [-0.4, -0.2) is 31.9 Å². The molecular formula is C16H12F3N3O2. The van der Waals surface area contributed by atoms with Gasteiger partial charge in [0.05, 0.1) is 6.20 Å². The van der Waals surface area contributed by atoms with E-state index in [2.05, 4.69) is 10.1 Å². The minimum Gasteiger partial charge on any atom is -0.480 e. The molecule has 0 fully saturated rings. The third-order valence-electron chi connectivity index (χ3n) is 3.93. The first-order valence-electron chi connectivity index (χ1n) is 6.99. The van der Waals surface area contributed by atoms with E-state index in [4.69, 9.17) is 0 Å². The van der Waals surface area contributed by atoms with Crippen molar-refractivity contribution in [3.8, 4) is 0 Å². The Morgan fingerprint density at radius 1 is 1.08 bits per heavy atom. The maximum absolute atomic E-state index is 13.9. The summed E-state index contributed by atoms with van der Waals surface area (Å²) in [5, 5.41) is 13.5. The van der Waals surface area contributed by atoms with E-state index in [0.29, 0.717) is 5.65 Å². The average molecular weight is 335 g/mol. The first-order valence-corrected chi connectivity index (χ1v) is 6.99. The minimum atomic E-state index is -5.00. The van der Waals surface area contributed by atoms with E-state index >= 15 is 0 Å². The molecule has 1 N–H and O–H groups in total. The van der Waals surface area contributed by atoms with E-state index in [1.54, 1.807) is 0 Å². The molecule has 0 spiro atoms. The molecule has 1 atom stereocenters. The van der Waals surface area contributed by atoms with Gasteiger partial charge in [0.25, 0.3) is 0 Å². The quantitative estimate of drug-likeness (QED) is 0.796. The largest absolute Gasteiger partial charge is 0.480 e. The SMILES string of the molecule is O=C(O)C(Cc1ccnc2ccnn12)(c1ccccc1)C(F)(F)F. The van der Waals surface area contributed by atoms with Gasteiger partial charge in [-0.25, -0.2) is 9.50 Å². The van der Waals surface area contributed by atoms with Gasteiger partial charge in [0, 0.05) is 24.4 Å². The van der Waals surface area contributed by atoms with Gasteiger partial charge in [-0.15, -0.1) is 0 Å². The zero-order chi connectivity index (χ0) is 17.4. The van der Waals surface area contributed by atoms with Crippen LogP contribution < -0.4 is 0 Å². The Morgan fingerprint density at radius 2 is 1.79 bits per heavy atom. The molecule has 2 aromatic heterocycles. The van der Waals surface area contributed by atoms with Crippen LogP contribution in [0.5, 0.6) is 0 Å². The Balaban J connectivity index is 2.22. The van der Waals surface area contributed by atoms with Crippen molar-refractivity contribution >= 4 is 11.6 Å². The summed E-state index contributed by atoms with van der Waals surface area (Å²) in [4.78, 5) is 15.8. The number of halogens is 3. The third kappa shape index (κ3) is 2.40. The number of fused-ring (bicyclic) bond motifs is 1. The van der Waals surface area contributed by atoms with Crippen molar-refractivity contribution in [2.75, 3.05) is 0 Å². The molecule has 3 aromatic rings. The van der Waals surface area contributed by atoms with Gasteiger partial charge in [0.2, 0.25) is 0 Å². The highest BCUT2D eigenvalue weighted by Gasteiger charge is 2.62. The molecule has 3 rings (SSSR count). The van der Waals surface area contributed by atoms with Gasteiger partial charge in [-0.1, -0.05) is 30.3 Å². The molecule has 1 aromatic carbocycles. The number of carbonyl (C=O) groups is 1. The van der Waals surface area contributed by atoms with Gasteiger partial charge in [0.15, 0.2) is 11.1 Å². The summed E-state index contributed by atoms with van der Waals surface area (Å²) in [6.45, 7) is 0. The Hall–Kier alpha value is -2.90. The number of aliphatic carboxylic acids is 1. The summed E-state index contributed by atoms with van der Waals surface area (Å²) in [6.07, 6.45) is -3.07. The number of hydrogen-bond donors (Lipinski definition) is 1. The smallest absolute Gasteiger partial charge is 0.409 e. The normalized spacial score (nSPS) is 14.5. The fraction of sp³-hybridized carbons (Fsp3) is 0.188. The van der Waals surface area contributed by atoms with Crippen molar-refractivity contribution < 1.29 is 23.1 Å². The van der Waals surface area contributed by atoms with Crippen molar-refractivity contribution in [1.29, 1.82) is 0 Å². The summed E-state index contributed by atoms with van der Waals surface area (Å²) < 4.78 is 42.9. The van der Waals surface area contributed by atoms with Gasteiger partial charge in [-0.05, 0) is 11.6 Å². The van der Waals surface area contributed by atoms with Crippen LogP contribution in [-0.2, 0) is 16.6 Å². The van der Waals surface area contributed by atoms with Gasteiger partial charge in [0.1, 0.15) is 0 Å². The van der Waals surface area contributed by atoms with Crippen molar-refractivity contribution in [2.45, 2.75) is 18.0 Å². The summed E-state index contributed by atoms with van der Waals surface area (Å²) >= 11 is 0. The number of rotatable bonds is 4. The lowest BCUT2D eigenvalue weighted by atomic mass is 9.75. The summed E-state index contributed by atoms with van der Waals surface area (Å²) in [5.74, 6) is -1.96. The highest BCUT2D eigenvalue weighted by Crippen LogP contribution is 2.44. The molecule has 0 aliphatic carbocycles. The zero-order valence-electron chi connectivity index (χ0n) is 12.2. The maximum atomic E-state index is 13.9. The van der Waals surface area contributed by atoms with Crippen LogP contribution in [0.15, 0.2) is 54.9 Å². The number of benzene rings is 1. The van der Waals surface area contributed by atoms with E-state index in [-0.39, 0.29) is 11.3 Å². The Labute approximate surface area is 134 Å². The monoisotopic (exact) mass is 335 g/mol. The van der Waals surface area contributed by atoms with E-state index in [9.17, 15) is 23.1 Å². The number of nitrogens with zero attached hydrogens (tertiary/aromatic N) is 3. The molecule has 1 unspecified atom stereocenters. The molecule has 0 saturated carbocycles. The maximum Gasteiger partial charge on any atom is 0.409 e. The van der Waals surface area contributed by atoms with Crippen LogP contribution in [0.3, 0.4) is 0 Å². The lowest BCUT2D eigenvalue weighted by molar-refractivity contribution is -0.206. The van der Waals surface area contributed by atoms with Crippen LogP contribution >= 0.6 is 0 Å². The highest BCUT2D eigenvalue weighted by atomic mass is 19.4. The van der Waals surface area contributed by atoms with E-state index < -0.39 is 24.0 Å². The fourth-order valence-electron chi connectivity index (χ4n) is 2.70. The predicted octanol–water partition coefficient (Wildman–Crippen LogP) is 2.86. The molecule has 0 saturated heterocycles. The number of alkyl halides is 3. The first kappa shape index (κ1) is 16.0. The van der Waals surface area contributed by atoms with E-state index in [1.165, 1.54) is 59.4 Å². The molecule has 0 radical (unpaired) electrons. The molecule has 24 heavy (non-hydrogen) atoms. The lowest BCUT2D eigenvalue weighted by Crippen LogP contribution is -2.51. The molecule has 124 valence electrons. The van der Waals surface area contributed by atoms with Crippen molar-refractivity contribution in [2.24, 2.45) is 0 Å². The summed E-state index contributed by atoms with van der Waals surface area (Å²) in [6, 6.07) is 9.51. The van der Waals surface area contributed by atoms with E-state index in [0.717, 1.165) is 0 Å². The number of aromatic nitrogens is 3. The number of carboxylic acids is 1. The van der Waals surface area contributed by atoms with Crippen molar-refractivity contribution in [3.05, 3.63) is 66.1 Å². The molecule has 0 aliphatic heterocycles. The Bertz CT molecular complexity index is 877. The first-order chi connectivity index (χ1) is 11.4. The van der Waals surface area contributed by atoms with Crippen LogP contribution in [0.4, 0.5) is 13.2 Å². The molecule has 5 nitrogen and oxygen atoms in total. The second kappa shape index (κ2) is 5.63. The van der Waals surface area contributed by atoms with Crippen LogP contribution in [0.1, 0.15) is 11.3 Å². The topological polar surface area (TPSA) is 67.5 Å². The standard InChI is InChI=1S/C16H12F3N3O2/c17-16(18,19)15(14(23)24,11-4-2-1-3-5-11)10-12-6-8-20-13-7-9-21-22(12)13/h1-9H,10H2,(H,23,24). The molecule has 8 heteroatoms. The van der Waals surface area contributed by atoms with Crippen LogP contribution in [0, 0.1) is 0 Å². The molecule has 0 bridgehead atoms. The molecule has 0 amide bonds. The van der Waals surface area contributed by atoms with Crippen LogP contribution in [0.25, 0.3) is 5.65 Å². The summed E-state index contributed by atoms with van der Waals surface area (Å²) in [5.41, 5.74) is -2.95. The molecule has 2 heterocycles. The third-order valence-corrected chi connectivity index (χ3v) is 3.93. The predicted molar refractivity (Wildman–Crippen MR) is 78.5 cm³/mol. The average Bonchev–Trinajstić information content (AvgIpc) is 3.01. The Kier molecular flexibility index (Phi) is 3.75. The summed E-state index contributed by atoms with van der Waals surface area (Å²) in [7, 11) is 0. The number of hydrogen-bond acceptors (Lipinski definition) is 3. The van der Waals surface area contributed by atoms with Crippen molar-refractivity contribution in [1.82, 2.24) is 14.6 Å². The van der Waals surface area contributed by atoms with Crippen molar-refractivity contribution in [3.63, 3.8) is 0 Å². The zero-order valence-corrected chi connectivity index (χ0v) is 12.2. The van der Waals surface area contributed by atoms with Gasteiger partial charge >= 0.3 is 12.1 Å². The van der Waals surface area contributed by atoms with Crippen LogP contribution in [0.2, 0.25) is 0 Å². The van der Waals surface area contributed by atoms with Gasteiger partial charge in [-0.2, -0.15) is 18.3 Å². The Morgan fingerprint density at radius 3 is 2.42 bits per heavy atom. The van der Waals surface area contributed by atoms with Gasteiger partial charge < -0.3 is 5.11 Å².